The summed E-state index contributed by atoms with van der Waals surface area (Å²) in [6.07, 6.45) is 13.7. The maximum Gasteiger partial charge on any atom is 0.157 e. The molecule has 0 aromatic heterocycles. The van der Waals surface area contributed by atoms with E-state index in [2.05, 4.69) is 20.8 Å². The molecule has 0 unspecified atom stereocenters. The highest BCUT2D eigenvalue weighted by Crippen LogP contribution is 2.10. The first kappa shape index (κ1) is 18.9. The monoisotopic (exact) mass is 272 g/mol. The molecule has 2 heteroatoms. The predicted molar refractivity (Wildman–Crippen MR) is 83.5 cm³/mol. The van der Waals surface area contributed by atoms with E-state index in [0.717, 1.165) is 19.6 Å². The van der Waals surface area contributed by atoms with E-state index in [9.17, 15) is 0 Å². The lowest BCUT2D eigenvalue weighted by atomic mass is 10.2. The lowest BCUT2D eigenvalue weighted by Gasteiger charge is -2.18. The van der Waals surface area contributed by atoms with Gasteiger partial charge in [0.2, 0.25) is 0 Å². The van der Waals surface area contributed by atoms with Gasteiger partial charge in [0.25, 0.3) is 0 Å². The number of ether oxygens (including phenoxy) is 2. The summed E-state index contributed by atoms with van der Waals surface area (Å²) >= 11 is 0. The molecule has 19 heavy (non-hydrogen) atoms. The summed E-state index contributed by atoms with van der Waals surface area (Å²) in [5, 5.41) is 0. The molecule has 0 N–H and O–H groups in total. The van der Waals surface area contributed by atoms with E-state index < -0.39 is 0 Å². The summed E-state index contributed by atoms with van der Waals surface area (Å²) in [7, 11) is 0. The zero-order valence-electron chi connectivity index (χ0n) is 13.6. The van der Waals surface area contributed by atoms with E-state index in [4.69, 9.17) is 9.47 Å². The molecular formula is C17H36O2. The number of rotatable bonds is 15. The van der Waals surface area contributed by atoms with Gasteiger partial charge in [-0.1, -0.05) is 65.7 Å². The van der Waals surface area contributed by atoms with Crippen LogP contribution in [0.5, 0.6) is 0 Å². The third-order valence-electron chi connectivity index (χ3n) is 3.40. The molecule has 0 heterocycles. The molecule has 0 bridgehead atoms. The Bertz CT molecular complexity index is 145. The van der Waals surface area contributed by atoms with Crippen molar-refractivity contribution in [1.82, 2.24) is 0 Å². The molecule has 0 aliphatic rings. The van der Waals surface area contributed by atoms with Crippen LogP contribution in [0.25, 0.3) is 0 Å². The minimum atomic E-state index is 0.0446. The molecule has 2 nitrogen and oxygen atoms in total. The van der Waals surface area contributed by atoms with Crippen molar-refractivity contribution in [2.24, 2.45) is 0 Å². The van der Waals surface area contributed by atoms with Crippen LogP contribution in [0.3, 0.4) is 0 Å². The van der Waals surface area contributed by atoms with E-state index in [-0.39, 0.29) is 6.29 Å². The second-order valence-electron chi connectivity index (χ2n) is 5.43. The molecule has 0 aliphatic heterocycles. The Morgan fingerprint density at radius 2 is 1.05 bits per heavy atom. The van der Waals surface area contributed by atoms with Crippen molar-refractivity contribution in [2.75, 3.05) is 13.2 Å². The molecule has 0 saturated carbocycles. The second kappa shape index (κ2) is 16.0. The predicted octanol–water partition coefficient (Wildman–Crippen LogP) is 5.70. The summed E-state index contributed by atoms with van der Waals surface area (Å²) in [6, 6.07) is 0. The van der Waals surface area contributed by atoms with Gasteiger partial charge < -0.3 is 9.47 Å². The van der Waals surface area contributed by atoms with Crippen LogP contribution in [0.2, 0.25) is 0 Å². The van der Waals surface area contributed by atoms with Gasteiger partial charge in [0.15, 0.2) is 6.29 Å². The summed E-state index contributed by atoms with van der Waals surface area (Å²) in [6.45, 7) is 8.43. The van der Waals surface area contributed by atoms with Crippen LogP contribution >= 0.6 is 0 Å². The average Bonchev–Trinajstić information content (AvgIpc) is 2.43. The third kappa shape index (κ3) is 14.1. The standard InChI is InChI=1S/C17H36O2/c1-4-7-10-12-15-18-17(14-9-6-3)19-16-13-11-8-5-2/h17H,4-16H2,1-3H3. The van der Waals surface area contributed by atoms with E-state index in [0.29, 0.717) is 0 Å². The SMILES string of the molecule is CCCCCCOC(CCCC)OCCCCCC. The summed E-state index contributed by atoms with van der Waals surface area (Å²) in [4.78, 5) is 0. The quantitative estimate of drug-likeness (QED) is 0.281. The molecule has 0 aliphatic carbocycles. The zero-order valence-corrected chi connectivity index (χ0v) is 13.6. The van der Waals surface area contributed by atoms with Crippen LogP contribution in [-0.2, 0) is 9.47 Å². The number of unbranched alkanes of at least 4 members (excludes halogenated alkanes) is 7. The molecule has 0 atom stereocenters. The lowest BCUT2D eigenvalue weighted by Crippen LogP contribution is -2.18. The van der Waals surface area contributed by atoms with Gasteiger partial charge in [0, 0.05) is 13.2 Å². The van der Waals surface area contributed by atoms with E-state index in [1.165, 1.54) is 64.2 Å². The van der Waals surface area contributed by atoms with E-state index in [1.54, 1.807) is 0 Å². The molecule has 0 spiro atoms. The topological polar surface area (TPSA) is 18.5 Å². The molecule has 0 fully saturated rings. The van der Waals surface area contributed by atoms with Crippen LogP contribution in [0.1, 0.15) is 91.4 Å². The molecule has 0 rings (SSSR count). The number of hydrogen-bond donors (Lipinski definition) is 0. The highest BCUT2D eigenvalue weighted by atomic mass is 16.7. The van der Waals surface area contributed by atoms with Crippen LogP contribution in [0, 0.1) is 0 Å². The molecule has 116 valence electrons. The lowest BCUT2D eigenvalue weighted by molar-refractivity contribution is -0.147. The van der Waals surface area contributed by atoms with Gasteiger partial charge >= 0.3 is 0 Å². The van der Waals surface area contributed by atoms with Gasteiger partial charge in [-0.25, -0.2) is 0 Å². The van der Waals surface area contributed by atoms with E-state index >= 15 is 0 Å². The van der Waals surface area contributed by atoms with E-state index in [1.807, 2.05) is 0 Å². The number of hydrogen-bond acceptors (Lipinski definition) is 2. The Morgan fingerprint density at radius 3 is 1.47 bits per heavy atom. The Kier molecular flexibility index (Phi) is 15.9. The summed E-state index contributed by atoms with van der Waals surface area (Å²) < 4.78 is 11.8. The minimum absolute atomic E-state index is 0.0446. The molecule has 0 amide bonds. The van der Waals surface area contributed by atoms with Crippen molar-refractivity contribution in [1.29, 1.82) is 0 Å². The van der Waals surface area contributed by atoms with Crippen LogP contribution in [-0.4, -0.2) is 19.5 Å². The van der Waals surface area contributed by atoms with Gasteiger partial charge in [-0.05, 0) is 25.7 Å². The fourth-order valence-corrected chi connectivity index (χ4v) is 2.07. The van der Waals surface area contributed by atoms with Gasteiger partial charge in [-0.3, -0.25) is 0 Å². The Morgan fingerprint density at radius 1 is 0.579 bits per heavy atom. The molecular weight excluding hydrogens is 236 g/mol. The summed E-state index contributed by atoms with van der Waals surface area (Å²) in [5.74, 6) is 0. The van der Waals surface area contributed by atoms with Gasteiger partial charge in [-0.2, -0.15) is 0 Å². The highest BCUT2D eigenvalue weighted by Gasteiger charge is 2.08. The first-order valence-electron chi connectivity index (χ1n) is 8.58. The van der Waals surface area contributed by atoms with Gasteiger partial charge in [0.05, 0.1) is 0 Å². The highest BCUT2D eigenvalue weighted by molar-refractivity contribution is 4.49. The minimum Gasteiger partial charge on any atom is -0.353 e. The van der Waals surface area contributed by atoms with Crippen molar-refractivity contribution in [3.63, 3.8) is 0 Å². The smallest absolute Gasteiger partial charge is 0.157 e. The molecule has 0 aromatic rings. The fourth-order valence-electron chi connectivity index (χ4n) is 2.07. The normalized spacial score (nSPS) is 11.4. The van der Waals surface area contributed by atoms with Crippen molar-refractivity contribution in [2.45, 2.75) is 97.7 Å². The molecule has 0 saturated heterocycles. The Hall–Kier alpha value is -0.0800. The zero-order chi connectivity index (χ0) is 14.2. The fraction of sp³-hybridized carbons (Fsp3) is 1.00. The van der Waals surface area contributed by atoms with Crippen LogP contribution in [0.4, 0.5) is 0 Å². The Balaban J connectivity index is 3.57. The Labute approximate surface area is 121 Å². The third-order valence-corrected chi connectivity index (χ3v) is 3.40. The summed E-state index contributed by atoms with van der Waals surface area (Å²) in [5.41, 5.74) is 0. The van der Waals surface area contributed by atoms with Crippen LogP contribution in [0.15, 0.2) is 0 Å². The maximum atomic E-state index is 5.88. The van der Waals surface area contributed by atoms with Gasteiger partial charge in [-0.15, -0.1) is 0 Å². The largest absolute Gasteiger partial charge is 0.353 e. The first-order chi connectivity index (χ1) is 9.35. The van der Waals surface area contributed by atoms with Gasteiger partial charge in [0.1, 0.15) is 0 Å². The van der Waals surface area contributed by atoms with Crippen LogP contribution < -0.4 is 0 Å². The molecule has 0 aromatic carbocycles. The van der Waals surface area contributed by atoms with Crippen molar-refractivity contribution >= 4 is 0 Å². The average molecular weight is 272 g/mol. The second-order valence-corrected chi connectivity index (χ2v) is 5.43. The van der Waals surface area contributed by atoms with Crippen molar-refractivity contribution in [3.05, 3.63) is 0 Å². The van der Waals surface area contributed by atoms with Crippen molar-refractivity contribution in [3.8, 4) is 0 Å². The molecule has 0 radical (unpaired) electrons. The van der Waals surface area contributed by atoms with Crippen molar-refractivity contribution < 1.29 is 9.47 Å². The maximum absolute atomic E-state index is 5.88. The first-order valence-corrected chi connectivity index (χ1v) is 8.58.